The Balaban J connectivity index is 0.00000220. The zero-order valence-corrected chi connectivity index (χ0v) is 13.2. The summed E-state index contributed by atoms with van der Waals surface area (Å²) in [6, 6.07) is 4.64. The molecule has 116 valence electrons. The number of benzene rings is 1. The van der Waals surface area contributed by atoms with E-state index in [9.17, 15) is 9.59 Å². The molecule has 0 radical (unpaired) electrons. The van der Waals surface area contributed by atoms with Crippen LogP contribution in [0.25, 0.3) is 0 Å². The van der Waals surface area contributed by atoms with Crippen molar-refractivity contribution >= 4 is 41.6 Å². The van der Waals surface area contributed by atoms with Crippen LogP contribution in [0.3, 0.4) is 0 Å². The summed E-state index contributed by atoms with van der Waals surface area (Å²) >= 11 is 6.00. The Morgan fingerprint density at radius 1 is 1.33 bits per heavy atom. The standard InChI is InChI=1S/C14H17ClN2O3.ClH/c1-20-12(18)10-5-4-9(8-11(10)15)17-13(19)14(16)6-2-3-7-14;/h4-5,8H,2-3,6-7,16H2,1H3,(H,17,19);1H. The van der Waals surface area contributed by atoms with Gasteiger partial charge in [0.2, 0.25) is 5.91 Å². The van der Waals surface area contributed by atoms with E-state index in [0.717, 1.165) is 12.8 Å². The maximum atomic E-state index is 12.2. The first-order valence-corrected chi connectivity index (χ1v) is 6.82. The topological polar surface area (TPSA) is 81.4 Å². The number of halogens is 2. The summed E-state index contributed by atoms with van der Waals surface area (Å²) in [7, 11) is 1.28. The van der Waals surface area contributed by atoms with Crippen molar-refractivity contribution in [3.63, 3.8) is 0 Å². The first-order valence-electron chi connectivity index (χ1n) is 6.44. The number of esters is 1. The maximum Gasteiger partial charge on any atom is 0.339 e. The number of amides is 1. The molecule has 2 rings (SSSR count). The molecule has 1 aromatic carbocycles. The van der Waals surface area contributed by atoms with E-state index >= 15 is 0 Å². The normalized spacial score (nSPS) is 16.0. The number of hydrogen-bond donors (Lipinski definition) is 2. The number of anilines is 1. The second-order valence-electron chi connectivity index (χ2n) is 5.00. The molecular formula is C14H18Cl2N2O3. The van der Waals surface area contributed by atoms with Crippen molar-refractivity contribution in [2.45, 2.75) is 31.2 Å². The second kappa shape index (κ2) is 7.11. The van der Waals surface area contributed by atoms with E-state index in [0.29, 0.717) is 18.5 Å². The van der Waals surface area contributed by atoms with Gasteiger partial charge in [-0.2, -0.15) is 0 Å². The van der Waals surface area contributed by atoms with Gasteiger partial charge in [-0.3, -0.25) is 4.79 Å². The lowest BCUT2D eigenvalue weighted by Crippen LogP contribution is -2.48. The smallest absolute Gasteiger partial charge is 0.339 e. The number of carbonyl (C=O) groups is 2. The number of nitrogens with two attached hydrogens (primary N) is 1. The van der Waals surface area contributed by atoms with Crippen LogP contribution in [-0.4, -0.2) is 24.5 Å². The van der Waals surface area contributed by atoms with Crippen LogP contribution in [0.1, 0.15) is 36.0 Å². The fourth-order valence-corrected chi connectivity index (χ4v) is 2.61. The van der Waals surface area contributed by atoms with Gasteiger partial charge in [0, 0.05) is 5.69 Å². The van der Waals surface area contributed by atoms with Crippen LogP contribution in [0.4, 0.5) is 5.69 Å². The lowest BCUT2D eigenvalue weighted by Gasteiger charge is -2.22. The summed E-state index contributed by atoms with van der Waals surface area (Å²) in [6.45, 7) is 0. The summed E-state index contributed by atoms with van der Waals surface area (Å²) < 4.78 is 4.60. The monoisotopic (exact) mass is 332 g/mol. The molecule has 0 saturated heterocycles. The van der Waals surface area contributed by atoms with Gasteiger partial charge in [-0.05, 0) is 31.0 Å². The van der Waals surface area contributed by atoms with E-state index in [1.165, 1.54) is 19.2 Å². The molecular weight excluding hydrogens is 315 g/mol. The van der Waals surface area contributed by atoms with E-state index in [4.69, 9.17) is 17.3 Å². The molecule has 0 heterocycles. The number of rotatable bonds is 3. The number of nitrogens with one attached hydrogen (secondary N) is 1. The molecule has 1 aromatic rings. The number of methoxy groups -OCH3 is 1. The Bertz CT molecular complexity index is 543. The van der Waals surface area contributed by atoms with Crippen molar-refractivity contribution in [3.05, 3.63) is 28.8 Å². The van der Waals surface area contributed by atoms with Crippen LogP contribution in [0.2, 0.25) is 5.02 Å². The van der Waals surface area contributed by atoms with Gasteiger partial charge in [0.05, 0.1) is 23.2 Å². The first-order chi connectivity index (χ1) is 9.46. The molecule has 0 bridgehead atoms. The highest BCUT2D eigenvalue weighted by Crippen LogP contribution is 2.29. The Kier molecular flexibility index (Phi) is 6.01. The summed E-state index contributed by atoms with van der Waals surface area (Å²) in [4.78, 5) is 23.6. The summed E-state index contributed by atoms with van der Waals surface area (Å²) in [6.07, 6.45) is 3.30. The fourth-order valence-electron chi connectivity index (χ4n) is 2.36. The highest BCUT2D eigenvalue weighted by Gasteiger charge is 2.37. The lowest BCUT2D eigenvalue weighted by atomic mass is 9.98. The van der Waals surface area contributed by atoms with E-state index in [1.807, 2.05) is 0 Å². The lowest BCUT2D eigenvalue weighted by molar-refractivity contribution is -0.121. The van der Waals surface area contributed by atoms with Crippen LogP contribution in [-0.2, 0) is 9.53 Å². The van der Waals surface area contributed by atoms with Crippen LogP contribution < -0.4 is 11.1 Å². The zero-order valence-electron chi connectivity index (χ0n) is 11.6. The van der Waals surface area contributed by atoms with Gasteiger partial charge in [-0.15, -0.1) is 12.4 Å². The Labute approximate surface area is 134 Å². The van der Waals surface area contributed by atoms with Crippen molar-refractivity contribution < 1.29 is 14.3 Å². The minimum atomic E-state index is -0.798. The Hall–Kier alpha value is -1.30. The van der Waals surface area contributed by atoms with Crippen LogP contribution in [0.15, 0.2) is 18.2 Å². The van der Waals surface area contributed by atoms with Crippen molar-refractivity contribution in [2.75, 3.05) is 12.4 Å². The van der Waals surface area contributed by atoms with E-state index in [1.54, 1.807) is 6.07 Å². The quantitative estimate of drug-likeness (QED) is 0.834. The molecule has 0 spiro atoms. The Morgan fingerprint density at radius 3 is 2.48 bits per heavy atom. The molecule has 1 saturated carbocycles. The van der Waals surface area contributed by atoms with Gasteiger partial charge >= 0.3 is 5.97 Å². The SMILES string of the molecule is COC(=O)c1ccc(NC(=O)C2(N)CCCC2)cc1Cl.Cl. The average molecular weight is 333 g/mol. The van der Waals surface area contributed by atoms with E-state index in [-0.39, 0.29) is 28.9 Å². The van der Waals surface area contributed by atoms with E-state index < -0.39 is 11.5 Å². The molecule has 1 fully saturated rings. The molecule has 21 heavy (non-hydrogen) atoms. The van der Waals surface area contributed by atoms with Crippen molar-refractivity contribution in [1.82, 2.24) is 0 Å². The summed E-state index contributed by atoms with van der Waals surface area (Å²) in [5, 5.41) is 2.98. The number of ether oxygens (including phenoxy) is 1. The van der Waals surface area contributed by atoms with Crippen LogP contribution in [0, 0.1) is 0 Å². The first kappa shape index (κ1) is 17.8. The van der Waals surface area contributed by atoms with Gasteiger partial charge in [-0.1, -0.05) is 24.4 Å². The van der Waals surface area contributed by atoms with E-state index in [2.05, 4.69) is 10.1 Å². The third-order valence-corrected chi connectivity index (χ3v) is 3.89. The molecule has 0 unspecified atom stereocenters. The fraction of sp³-hybridized carbons (Fsp3) is 0.429. The summed E-state index contributed by atoms with van der Waals surface area (Å²) in [5.74, 6) is -0.726. The van der Waals surface area contributed by atoms with Gasteiger partial charge in [-0.25, -0.2) is 4.79 Å². The summed E-state index contributed by atoms with van der Waals surface area (Å²) in [5.41, 5.74) is 6.05. The predicted octanol–water partition coefficient (Wildman–Crippen LogP) is 2.76. The molecule has 0 atom stereocenters. The predicted molar refractivity (Wildman–Crippen MR) is 84.1 cm³/mol. The third kappa shape index (κ3) is 3.87. The van der Waals surface area contributed by atoms with Crippen molar-refractivity contribution in [2.24, 2.45) is 5.73 Å². The molecule has 7 heteroatoms. The molecule has 1 aliphatic rings. The van der Waals surface area contributed by atoms with Gasteiger partial charge in [0.15, 0.2) is 0 Å². The molecule has 1 amide bonds. The molecule has 1 aliphatic carbocycles. The third-order valence-electron chi connectivity index (χ3n) is 3.58. The van der Waals surface area contributed by atoms with Crippen LogP contribution >= 0.6 is 24.0 Å². The average Bonchev–Trinajstić information content (AvgIpc) is 2.86. The minimum Gasteiger partial charge on any atom is -0.465 e. The highest BCUT2D eigenvalue weighted by molar-refractivity contribution is 6.34. The van der Waals surface area contributed by atoms with Crippen LogP contribution in [0.5, 0.6) is 0 Å². The van der Waals surface area contributed by atoms with Gasteiger partial charge < -0.3 is 15.8 Å². The minimum absolute atomic E-state index is 0. The number of carbonyl (C=O) groups excluding carboxylic acids is 2. The largest absolute Gasteiger partial charge is 0.465 e. The Morgan fingerprint density at radius 2 is 1.95 bits per heavy atom. The highest BCUT2D eigenvalue weighted by atomic mass is 35.5. The maximum absolute atomic E-state index is 12.2. The molecule has 0 aliphatic heterocycles. The van der Waals surface area contributed by atoms with Gasteiger partial charge in [0.25, 0.3) is 0 Å². The van der Waals surface area contributed by atoms with Crippen molar-refractivity contribution in [1.29, 1.82) is 0 Å². The number of hydrogen-bond acceptors (Lipinski definition) is 4. The molecule has 0 aromatic heterocycles. The van der Waals surface area contributed by atoms with Crippen molar-refractivity contribution in [3.8, 4) is 0 Å². The molecule has 3 N–H and O–H groups in total. The second-order valence-corrected chi connectivity index (χ2v) is 5.41. The zero-order chi connectivity index (χ0) is 14.8. The van der Waals surface area contributed by atoms with Gasteiger partial charge in [0.1, 0.15) is 0 Å². The molecule has 5 nitrogen and oxygen atoms in total.